The standard InChI is InChI=1S/C6H11N3O3/c7-4(5(10)11)3-9-2-1-8-6(9)12/h4H,1-3,7H2,(H,8,12)(H,10,11). The SMILES string of the molecule is NC(CN1CCNC1=O)C(=O)O. The minimum Gasteiger partial charge on any atom is -0.480 e. The minimum atomic E-state index is -1.09. The first-order valence-corrected chi connectivity index (χ1v) is 3.62. The van der Waals surface area contributed by atoms with Crippen LogP contribution in [0.5, 0.6) is 0 Å². The maximum atomic E-state index is 10.9. The number of carboxylic acid groups (broad SMARTS) is 1. The highest BCUT2D eigenvalue weighted by molar-refractivity contribution is 5.78. The molecule has 1 fully saturated rings. The molecule has 0 aromatic carbocycles. The summed E-state index contributed by atoms with van der Waals surface area (Å²) in [5, 5.41) is 11.0. The molecule has 12 heavy (non-hydrogen) atoms. The number of carbonyl (C=O) groups is 2. The number of urea groups is 1. The summed E-state index contributed by atoms with van der Waals surface area (Å²) in [4.78, 5) is 22.6. The average molecular weight is 173 g/mol. The van der Waals surface area contributed by atoms with E-state index >= 15 is 0 Å². The van der Waals surface area contributed by atoms with Crippen LogP contribution in [0.1, 0.15) is 0 Å². The highest BCUT2D eigenvalue weighted by Crippen LogP contribution is 1.97. The van der Waals surface area contributed by atoms with Gasteiger partial charge in [-0.25, -0.2) is 4.79 Å². The topological polar surface area (TPSA) is 95.7 Å². The molecule has 1 heterocycles. The molecular formula is C6H11N3O3. The van der Waals surface area contributed by atoms with E-state index in [0.717, 1.165) is 0 Å². The van der Waals surface area contributed by atoms with Gasteiger partial charge in [-0.3, -0.25) is 4.79 Å². The van der Waals surface area contributed by atoms with E-state index in [-0.39, 0.29) is 12.6 Å². The molecule has 0 radical (unpaired) electrons. The number of nitrogens with two attached hydrogens (primary N) is 1. The second-order valence-electron chi connectivity index (χ2n) is 2.62. The Morgan fingerprint density at radius 2 is 2.50 bits per heavy atom. The number of aliphatic carboxylic acids is 1. The minimum absolute atomic E-state index is 0.0706. The fourth-order valence-corrected chi connectivity index (χ4v) is 1.00. The van der Waals surface area contributed by atoms with Crippen molar-refractivity contribution in [1.29, 1.82) is 0 Å². The predicted molar refractivity (Wildman–Crippen MR) is 40.6 cm³/mol. The highest BCUT2D eigenvalue weighted by Gasteiger charge is 2.24. The van der Waals surface area contributed by atoms with Gasteiger partial charge in [0.25, 0.3) is 0 Å². The zero-order chi connectivity index (χ0) is 9.14. The van der Waals surface area contributed by atoms with Crippen molar-refractivity contribution in [3.63, 3.8) is 0 Å². The molecule has 0 spiro atoms. The summed E-state index contributed by atoms with van der Waals surface area (Å²) >= 11 is 0. The molecule has 0 aromatic heterocycles. The smallest absolute Gasteiger partial charge is 0.322 e. The van der Waals surface area contributed by atoms with Crippen LogP contribution in [0, 0.1) is 0 Å². The van der Waals surface area contributed by atoms with E-state index < -0.39 is 12.0 Å². The summed E-state index contributed by atoms with van der Waals surface area (Å²) < 4.78 is 0. The number of carboxylic acids is 1. The van der Waals surface area contributed by atoms with Gasteiger partial charge in [0.2, 0.25) is 0 Å². The van der Waals surface area contributed by atoms with Gasteiger partial charge in [-0.1, -0.05) is 0 Å². The number of hydrogen-bond donors (Lipinski definition) is 3. The van der Waals surface area contributed by atoms with Gasteiger partial charge in [0, 0.05) is 19.6 Å². The molecule has 0 bridgehead atoms. The van der Waals surface area contributed by atoms with E-state index in [9.17, 15) is 9.59 Å². The fraction of sp³-hybridized carbons (Fsp3) is 0.667. The van der Waals surface area contributed by atoms with Crippen LogP contribution in [0.3, 0.4) is 0 Å². The molecule has 1 unspecified atom stereocenters. The quantitative estimate of drug-likeness (QED) is 0.480. The molecule has 1 aliphatic rings. The van der Waals surface area contributed by atoms with Crippen LogP contribution in [0.25, 0.3) is 0 Å². The first-order valence-electron chi connectivity index (χ1n) is 3.62. The number of nitrogens with zero attached hydrogens (tertiary/aromatic N) is 1. The normalized spacial score (nSPS) is 19.1. The van der Waals surface area contributed by atoms with E-state index in [1.807, 2.05) is 0 Å². The molecule has 68 valence electrons. The third kappa shape index (κ3) is 1.85. The van der Waals surface area contributed by atoms with Crippen molar-refractivity contribution in [3.8, 4) is 0 Å². The van der Waals surface area contributed by atoms with Crippen molar-refractivity contribution < 1.29 is 14.7 Å². The summed E-state index contributed by atoms with van der Waals surface area (Å²) in [6, 6.07) is -1.24. The Bertz CT molecular complexity index is 206. The first kappa shape index (κ1) is 8.79. The van der Waals surface area contributed by atoms with Crippen molar-refractivity contribution in [3.05, 3.63) is 0 Å². The Morgan fingerprint density at radius 3 is 2.92 bits per heavy atom. The van der Waals surface area contributed by atoms with Crippen molar-refractivity contribution in [2.24, 2.45) is 5.73 Å². The lowest BCUT2D eigenvalue weighted by Crippen LogP contribution is -2.43. The van der Waals surface area contributed by atoms with E-state index in [0.29, 0.717) is 13.1 Å². The fourth-order valence-electron chi connectivity index (χ4n) is 1.00. The Labute approximate surface area is 69.3 Å². The molecule has 1 rings (SSSR count). The van der Waals surface area contributed by atoms with Crippen molar-refractivity contribution in [1.82, 2.24) is 10.2 Å². The Balaban J connectivity index is 2.40. The molecule has 6 heteroatoms. The van der Waals surface area contributed by atoms with E-state index in [1.54, 1.807) is 0 Å². The summed E-state index contributed by atoms with van der Waals surface area (Å²) in [5.41, 5.74) is 5.24. The monoisotopic (exact) mass is 173 g/mol. The third-order valence-electron chi connectivity index (χ3n) is 1.68. The Kier molecular flexibility index (Phi) is 2.49. The lowest BCUT2D eigenvalue weighted by atomic mass is 10.3. The van der Waals surface area contributed by atoms with Gasteiger partial charge >= 0.3 is 12.0 Å². The summed E-state index contributed by atoms with van der Waals surface area (Å²) in [6.07, 6.45) is 0. The Morgan fingerprint density at radius 1 is 1.83 bits per heavy atom. The summed E-state index contributed by atoms with van der Waals surface area (Å²) in [6.45, 7) is 1.16. The molecule has 0 aliphatic carbocycles. The molecule has 4 N–H and O–H groups in total. The molecule has 6 nitrogen and oxygen atoms in total. The predicted octanol–water partition coefficient (Wildman–Crippen LogP) is -1.58. The number of carbonyl (C=O) groups excluding carboxylic acids is 1. The molecule has 2 amide bonds. The van der Waals surface area contributed by atoms with Gasteiger partial charge in [-0.05, 0) is 0 Å². The number of nitrogens with one attached hydrogen (secondary N) is 1. The van der Waals surface area contributed by atoms with Crippen LogP contribution < -0.4 is 11.1 Å². The third-order valence-corrected chi connectivity index (χ3v) is 1.68. The van der Waals surface area contributed by atoms with Crippen molar-refractivity contribution in [2.75, 3.05) is 19.6 Å². The molecule has 1 atom stereocenters. The van der Waals surface area contributed by atoms with Crippen LogP contribution in [0.15, 0.2) is 0 Å². The molecule has 1 saturated heterocycles. The number of amides is 2. The van der Waals surface area contributed by atoms with E-state index in [1.165, 1.54) is 4.90 Å². The van der Waals surface area contributed by atoms with Crippen molar-refractivity contribution in [2.45, 2.75) is 6.04 Å². The summed E-state index contributed by atoms with van der Waals surface area (Å²) in [5.74, 6) is -1.09. The van der Waals surface area contributed by atoms with Gasteiger partial charge in [-0.15, -0.1) is 0 Å². The summed E-state index contributed by atoms with van der Waals surface area (Å²) in [7, 11) is 0. The van der Waals surface area contributed by atoms with Crippen LogP contribution >= 0.6 is 0 Å². The molecule has 0 saturated carbocycles. The van der Waals surface area contributed by atoms with Gasteiger partial charge < -0.3 is 21.1 Å². The maximum Gasteiger partial charge on any atom is 0.322 e. The zero-order valence-corrected chi connectivity index (χ0v) is 6.49. The van der Waals surface area contributed by atoms with Crippen LogP contribution in [0.4, 0.5) is 4.79 Å². The average Bonchev–Trinajstić information content (AvgIpc) is 2.36. The number of rotatable bonds is 3. The lowest BCUT2D eigenvalue weighted by molar-refractivity contribution is -0.138. The van der Waals surface area contributed by atoms with Crippen LogP contribution in [-0.2, 0) is 4.79 Å². The van der Waals surface area contributed by atoms with Crippen LogP contribution in [0.2, 0.25) is 0 Å². The largest absolute Gasteiger partial charge is 0.480 e. The maximum absolute atomic E-state index is 10.9. The van der Waals surface area contributed by atoms with Crippen molar-refractivity contribution >= 4 is 12.0 Å². The van der Waals surface area contributed by atoms with Gasteiger partial charge in [0.1, 0.15) is 6.04 Å². The number of hydrogen-bond acceptors (Lipinski definition) is 3. The highest BCUT2D eigenvalue weighted by atomic mass is 16.4. The van der Waals surface area contributed by atoms with Gasteiger partial charge in [0.15, 0.2) is 0 Å². The molecule has 0 aromatic rings. The zero-order valence-electron chi connectivity index (χ0n) is 6.49. The second kappa shape index (κ2) is 3.40. The van der Waals surface area contributed by atoms with Gasteiger partial charge in [0.05, 0.1) is 0 Å². The van der Waals surface area contributed by atoms with Gasteiger partial charge in [-0.2, -0.15) is 0 Å². The molecule has 1 aliphatic heterocycles. The Hall–Kier alpha value is -1.30. The van der Waals surface area contributed by atoms with Crippen LogP contribution in [-0.4, -0.2) is 47.7 Å². The van der Waals surface area contributed by atoms with E-state index in [4.69, 9.17) is 10.8 Å². The molecular weight excluding hydrogens is 162 g/mol. The second-order valence-corrected chi connectivity index (χ2v) is 2.62. The first-order chi connectivity index (χ1) is 5.61. The lowest BCUT2D eigenvalue weighted by Gasteiger charge is -2.16. The van der Waals surface area contributed by atoms with E-state index in [2.05, 4.69) is 5.32 Å².